The van der Waals surface area contributed by atoms with Gasteiger partial charge in [0, 0.05) is 5.88 Å². The van der Waals surface area contributed by atoms with Crippen LogP contribution in [0.4, 0.5) is 0 Å². The minimum absolute atomic E-state index is 0.517. The number of aryl methyl sites for hydroxylation is 2. The fourth-order valence-corrected chi connectivity index (χ4v) is 1.69. The van der Waals surface area contributed by atoms with Crippen LogP contribution in [0.2, 0.25) is 0 Å². The van der Waals surface area contributed by atoms with Crippen LogP contribution in [-0.2, 0) is 5.88 Å². The lowest BCUT2D eigenvalue weighted by Gasteiger charge is -2.06. The number of nitrogens with zero attached hydrogens (tertiary/aromatic N) is 1. The van der Waals surface area contributed by atoms with Crippen molar-refractivity contribution in [1.29, 1.82) is 5.26 Å². The zero-order valence-corrected chi connectivity index (χ0v) is 7.94. The molecule has 1 aromatic carbocycles. The molecule has 0 bridgehead atoms. The largest absolute Gasteiger partial charge is 0.192 e. The van der Waals surface area contributed by atoms with Gasteiger partial charge in [-0.15, -0.1) is 11.6 Å². The predicted molar refractivity (Wildman–Crippen MR) is 50.2 cm³/mol. The van der Waals surface area contributed by atoms with Gasteiger partial charge in [-0.2, -0.15) is 5.26 Å². The SMILES string of the molecule is Cc1cc(C#N)cc(C)c1CCl. The van der Waals surface area contributed by atoms with Crippen molar-refractivity contribution in [3.63, 3.8) is 0 Å². The second kappa shape index (κ2) is 3.60. The first-order valence-corrected chi connectivity index (χ1v) is 4.28. The second-order valence-corrected chi connectivity index (χ2v) is 3.10. The Hall–Kier alpha value is -1.000. The highest BCUT2D eigenvalue weighted by atomic mass is 35.5. The second-order valence-electron chi connectivity index (χ2n) is 2.83. The van der Waals surface area contributed by atoms with Crippen LogP contribution in [0, 0.1) is 25.2 Å². The Balaban J connectivity index is 3.30. The van der Waals surface area contributed by atoms with Crippen LogP contribution in [0.25, 0.3) is 0 Å². The van der Waals surface area contributed by atoms with Crippen molar-refractivity contribution in [3.8, 4) is 6.07 Å². The van der Waals surface area contributed by atoms with E-state index >= 15 is 0 Å². The summed E-state index contributed by atoms with van der Waals surface area (Å²) in [5, 5.41) is 8.67. The van der Waals surface area contributed by atoms with E-state index in [0.717, 1.165) is 16.7 Å². The molecule has 1 rings (SSSR count). The molecule has 12 heavy (non-hydrogen) atoms. The van der Waals surface area contributed by atoms with Gasteiger partial charge < -0.3 is 0 Å². The number of halogens is 1. The first kappa shape index (κ1) is 9.09. The van der Waals surface area contributed by atoms with Crippen molar-refractivity contribution < 1.29 is 0 Å². The van der Waals surface area contributed by atoms with Crippen LogP contribution in [0.5, 0.6) is 0 Å². The fraction of sp³-hybridized carbons (Fsp3) is 0.300. The van der Waals surface area contributed by atoms with E-state index in [0.29, 0.717) is 11.4 Å². The molecular formula is C10H10ClN. The molecule has 2 heteroatoms. The van der Waals surface area contributed by atoms with Crippen molar-refractivity contribution in [2.45, 2.75) is 19.7 Å². The van der Waals surface area contributed by atoms with E-state index < -0.39 is 0 Å². The van der Waals surface area contributed by atoms with E-state index in [1.807, 2.05) is 26.0 Å². The summed E-state index contributed by atoms with van der Waals surface area (Å²) in [6.45, 7) is 3.96. The molecule has 0 unspecified atom stereocenters. The third-order valence-electron chi connectivity index (χ3n) is 1.96. The molecule has 0 aromatic heterocycles. The molecule has 0 aliphatic heterocycles. The van der Waals surface area contributed by atoms with E-state index in [9.17, 15) is 0 Å². The first-order chi connectivity index (χ1) is 5.69. The van der Waals surface area contributed by atoms with Gasteiger partial charge in [-0.05, 0) is 42.7 Å². The van der Waals surface area contributed by atoms with Crippen LogP contribution in [0.3, 0.4) is 0 Å². The van der Waals surface area contributed by atoms with Gasteiger partial charge in [0.15, 0.2) is 0 Å². The lowest BCUT2D eigenvalue weighted by atomic mass is 10.0. The summed E-state index contributed by atoms with van der Waals surface area (Å²) < 4.78 is 0. The molecule has 0 N–H and O–H groups in total. The highest BCUT2D eigenvalue weighted by molar-refractivity contribution is 6.17. The van der Waals surface area contributed by atoms with Crippen molar-refractivity contribution in [1.82, 2.24) is 0 Å². The van der Waals surface area contributed by atoms with Crippen LogP contribution in [0.1, 0.15) is 22.3 Å². The summed E-state index contributed by atoms with van der Waals surface area (Å²) in [6, 6.07) is 5.85. The minimum atomic E-state index is 0.517. The van der Waals surface area contributed by atoms with Crippen LogP contribution < -0.4 is 0 Å². The molecule has 0 spiro atoms. The number of hydrogen-bond acceptors (Lipinski definition) is 1. The van der Waals surface area contributed by atoms with E-state index in [-0.39, 0.29) is 0 Å². The molecule has 0 atom stereocenters. The van der Waals surface area contributed by atoms with Crippen molar-refractivity contribution in [2.24, 2.45) is 0 Å². The number of rotatable bonds is 1. The molecule has 0 amide bonds. The lowest BCUT2D eigenvalue weighted by molar-refractivity contribution is 1.22. The number of alkyl halides is 1. The molecule has 0 radical (unpaired) electrons. The quantitative estimate of drug-likeness (QED) is 0.609. The third-order valence-corrected chi connectivity index (χ3v) is 2.23. The van der Waals surface area contributed by atoms with Gasteiger partial charge in [-0.3, -0.25) is 0 Å². The van der Waals surface area contributed by atoms with Crippen LogP contribution >= 0.6 is 11.6 Å². The number of hydrogen-bond donors (Lipinski definition) is 0. The maximum absolute atomic E-state index is 8.67. The van der Waals surface area contributed by atoms with E-state index in [4.69, 9.17) is 16.9 Å². The van der Waals surface area contributed by atoms with Crippen molar-refractivity contribution in [3.05, 3.63) is 34.4 Å². The molecule has 1 nitrogen and oxygen atoms in total. The molecular weight excluding hydrogens is 170 g/mol. The predicted octanol–water partition coefficient (Wildman–Crippen LogP) is 2.91. The molecule has 0 fully saturated rings. The maximum Gasteiger partial charge on any atom is 0.0991 e. The Bertz CT molecular complexity index is 313. The Kier molecular flexibility index (Phi) is 2.73. The summed E-state index contributed by atoms with van der Waals surface area (Å²) in [4.78, 5) is 0. The van der Waals surface area contributed by atoms with Crippen molar-refractivity contribution >= 4 is 11.6 Å². The number of nitriles is 1. The average molecular weight is 180 g/mol. The monoisotopic (exact) mass is 179 g/mol. The molecule has 1 aromatic rings. The lowest BCUT2D eigenvalue weighted by Crippen LogP contribution is -1.91. The highest BCUT2D eigenvalue weighted by Gasteiger charge is 2.02. The topological polar surface area (TPSA) is 23.8 Å². The maximum atomic E-state index is 8.67. The minimum Gasteiger partial charge on any atom is -0.192 e. The molecule has 0 aliphatic rings. The van der Waals surface area contributed by atoms with E-state index in [1.54, 1.807) is 0 Å². The zero-order valence-electron chi connectivity index (χ0n) is 7.19. The fourth-order valence-electron chi connectivity index (χ4n) is 1.27. The van der Waals surface area contributed by atoms with Gasteiger partial charge in [-0.1, -0.05) is 0 Å². The molecule has 0 saturated carbocycles. The summed E-state index contributed by atoms with van der Waals surface area (Å²) in [6.07, 6.45) is 0. The van der Waals surface area contributed by atoms with E-state index in [2.05, 4.69) is 6.07 Å². The third kappa shape index (κ3) is 1.60. The van der Waals surface area contributed by atoms with Gasteiger partial charge >= 0.3 is 0 Å². The van der Waals surface area contributed by atoms with Gasteiger partial charge in [0.1, 0.15) is 0 Å². The number of benzene rings is 1. The van der Waals surface area contributed by atoms with Crippen molar-refractivity contribution in [2.75, 3.05) is 0 Å². The smallest absolute Gasteiger partial charge is 0.0991 e. The van der Waals surface area contributed by atoms with Crippen LogP contribution in [0.15, 0.2) is 12.1 Å². The van der Waals surface area contributed by atoms with E-state index in [1.165, 1.54) is 0 Å². The normalized spacial score (nSPS) is 9.50. The Morgan fingerprint density at radius 3 is 2.17 bits per heavy atom. The summed E-state index contributed by atoms with van der Waals surface area (Å²) >= 11 is 5.75. The van der Waals surface area contributed by atoms with Crippen LogP contribution in [-0.4, -0.2) is 0 Å². The summed E-state index contributed by atoms with van der Waals surface area (Å²) in [5.74, 6) is 0.517. The van der Waals surface area contributed by atoms with Gasteiger partial charge in [-0.25, -0.2) is 0 Å². The molecule has 0 heterocycles. The molecule has 0 saturated heterocycles. The molecule has 0 aliphatic carbocycles. The summed E-state index contributed by atoms with van der Waals surface area (Å²) in [7, 11) is 0. The highest BCUT2D eigenvalue weighted by Crippen LogP contribution is 2.17. The Morgan fingerprint density at radius 2 is 1.83 bits per heavy atom. The zero-order chi connectivity index (χ0) is 9.14. The standard InChI is InChI=1S/C10H10ClN/c1-7-3-9(6-12)4-8(2)10(7)5-11/h3-4H,5H2,1-2H3. The van der Waals surface area contributed by atoms with Gasteiger partial charge in [0.05, 0.1) is 11.6 Å². The average Bonchev–Trinajstić information content (AvgIpc) is 2.03. The van der Waals surface area contributed by atoms with Gasteiger partial charge in [0.25, 0.3) is 0 Å². The Labute approximate surface area is 77.6 Å². The molecule has 62 valence electrons. The first-order valence-electron chi connectivity index (χ1n) is 3.75. The van der Waals surface area contributed by atoms with Gasteiger partial charge in [0.2, 0.25) is 0 Å². The summed E-state index contributed by atoms with van der Waals surface area (Å²) in [5.41, 5.74) is 4.04. The Morgan fingerprint density at radius 1 is 1.33 bits per heavy atom.